The third-order valence-corrected chi connectivity index (χ3v) is 4.83. The van der Waals surface area contributed by atoms with Crippen molar-refractivity contribution in [2.45, 2.75) is 32.4 Å². The van der Waals surface area contributed by atoms with Gasteiger partial charge in [0.15, 0.2) is 5.76 Å². The number of furan rings is 1. The van der Waals surface area contributed by atoms with Gasteiger partial charge >= 0.3 is 0 Å². The lowest BCUT2D eigenvalue weighted by Gasteiger charge is -2.35. The van der Waals surface area contributed by atoms with Crippen LogP contribution in [0.3, 0.4) is 0 Å². The van der Waals surface area contributed by atoms with Gasteiger partial charge in [0.05, 0.1) is 24.5 Å². The standard InChI is InChI=1S/C17H20N4O3/c1-12-5-8-24-16(12)17(23)20-9-13-4-6-18-21(13)14(11-20)10-19-7-2-3-15(19)22/h4-6,8,14H,2-3,7,9-11H2,1H3/t14-/m0/s1. The molecular weight excluding hydrogens is 308 g/mol. The lowest BCUT2D eigenvalue weighted by molar-refractivity contribution is -0.128. The zero-order valence-corrected chi connectivity index (χ0v) is 13.6. The minimum absolute atomic E-state index is 0.0231. The molecule has 0 spiro atoms. The number of hydrogen-bond donors (Lipinski definition) is 0. The van der Waals surface area contributed by atoms with Gasteiger partial charge in [0.25, 0.3) is 5.91 Å². The molecule has 4 rings (SSSR count). The molecule has 2 aromatic heterocycles. The largest absolute Gasteiger partial charge is 0.459 e. The number of fused-ring (bicyclic) bond motifs is 1. The van der Waals surface area contributed by atoms with Gasteiger partial charge in [0.1, 0.15) is 0 Å². The van der Waals surface area contributed by atoms with Crippen LogP contribution in [0.15, 0.2) is 29.0 Å². The second kappa shape index (κ2) is 5.81. The molecule has 0 aliphatic carbocycles. The summed E-state index contributed by atoms with van der Waals surface area (Å²) in [5.74, 6) is 0.468. The van der Waals surface area contributed by atoms with E-state index in [4.69, 9.17) is 4.42 Å². The first-order chi connectivity index (χ1) is 11.6. The van der Waals surface area contributed by atoms with Crippen LogP contribution in [0, 0.1) is 6.92 Å². The van der Waals surface area contributed by atoms with Crippen molar-refractivity contribution < 1.29 is 14.0 Å². The number of carbonyl (C=O) groups excluding carboxylic acids is 2. The summed E-state index contributed by atoms with van der Waals surface area (Å²) < 4.78 is 7.31. The van der Waals surface area contributed by atoms with E-state index >= 15 is 0 Å². The Hall–Kier alpha value is -2.57. The molecule has 2 aliphatic heterocycles. The molecule has 126 valence electrons. The Balaban J connectivity index is 1.58. The van der Waals surface area contributed by atoms with E-state index in [9.17, 15) is 9.59 Å². The highest BCUT2D eigenvalue weighted by Gasteiger charge is 2.33. The fourth-order valence-corrected chi connectivity index (χ4v) is 3.56. The van der Waals surface area contributed by atoms with Crippen LogP contribution < -0.4 is 0 Å². The molecule has 0 aromatic carbocycles. The van der Waals surface area contributed by atoms with E-state index in [0.717, 1.165) is 24.2 Å². The Kier molecular flexibility index (Phi) is 3.63. The van der Waals surface area contributed by atoms with Gasteiger partial charge in [-0.25, -0.2) is 0 Å². The Morgan fingerprint density at radius 2 is 2.29 bits per heavy atom. The van der Waals surface area contributed by atoms with E-state index < -0.39 is 0 Å². The van der Waals surface area contributed by atoms with Gasteiger partial charge in [-0.3, -0.25) is 14.3 Å². The molecular formula is C17H20N4O3. The maximum absolute atomic E-state index is 12.8. The lowest BCUT2D eigenvalue weighted by Crippen LogP contribution is -2.45. The number of hydrogen-bond acceptors (Lipinski definition) is 4. The molecule has 0 unspecified atom stereocenters. The first-order valence-electron chi connectivity index (χ1n) is 8.27. The summed E-state index contributed by atoms with van der Waals surface area (Å²) in [5, 5.41) is 4.40. The van der Waals surface area contributed by atoms with Crippen molar-refractivity contribution in [3.8, 4) is 0 Å². The fraction of sp³-hybridized carbons (Fsp3) is 0.471. The first-order valence-corrected chi connectivity index (χ1v) is 8.27. The average molecular weight is 328 g/mol. The second-order valence-corrected chi connectivity index (χ2v) is 6.48. The van der Waals surface area contributed by atoms with Crippen molar-refractivity contribution in [2.24, 2.45) is 0 Å². The summed E-state index contributed by atoms with van der Waals surface area (Å²) in [6, 6.07) is 3.69. The Morgan fingerprint density at radius 3 is 3.00 bits per heavy atom. The number of aryl methyl sites for hydroxylation is 1. The number of rotatable bonds is 3. The SMILES string of the molecule is Cc1ccoc1C(=O)N1Cc2ccnn2[C@@H](CN2CCCC2=O)C1. The molecule has 24 heavy (non-hydrogen) atoms. The van der Waals surface area contributed by atoms with Gasteiger partial charge in [0, 0.05) is 37.8 Å². The van der Waals surface area contributed by atoms with E-state index in [-0.39, 0.29) is 17.9 Å². The van der Waals surface area contributed by atoms with Crippen LogP contribution in [0.25, 0.3) is 0 Å². The molecule has 7 heteroatoms. The van der Waals surface area contributed by atoms with Crippen molar-refractivity contribution in [1.82, 2.24) is 19.6 Å². The average Bonchev–Trinajstić information content (AvgIpc) is 3.28. The van der Waals surface area contributed by atoms with Crippen LogP contribution in [-0.2, 0) is 11.3 Å². The summed E-state index contributed by atoms with van der Waals surface area (Å²) in [5.41, 5.74) is 1.82. The fourth-order valence-electron chi connectivity index (χ4n) is 3.56. The zero-order valence-electron chi connectivity index (χ0n) is 13.6. The monoisotopic (exact) mass is 328 g/mol. The summed E-state index contributed by atoms with van der Waals surface area (Å²) >= 11 is 0. The zero-order chi connectivity index (χ0) is 16.7. The highest BCUT2D eigenvalue weighted by molar-refractivity contribution is 5.92. The molecule has 1 atom stereocenters. The summed E-state index contributed by atoms with van der Waals surface area (Å²) in [7, 11) is 0. The third-order valence-electron chi connectivity index (χ3n) is 4.83. The number of nitrogens with zero attached hydrogens (tertiary/aromatic N) is 4. The number of carbonyl (C=O) groups is 2. The number of likely N-dealkylation sites (tertiary alicyclic amines) is 1. The van der Waals surface area contributed by atoms with Gasteiger partial charge in [0.2, 0.25) is 5.91 Å². The quantitative estimate of drug-likeness (QED) is 0.858. The summed E-state index contributed by atoms with van der Waals surface area (Å²) in [6.07, 6.45) is 4.82. The molecule has 2 amide bonds. The Bertz CT molecular complexity index is 778. The van der Waals surface area contributed by atoms with E-state index in [1.54, 1.807) is 17.2 Å². The van der Waals surface area contributed by atoms with E-state index in [0.29, 0.717) is 31.8 Å². The van der Waals surface area contributed by atoms with Crippen LogP contribution >= 0.6 is 0 Å². The van der Waals surface area contributed by atoms with E-state index in [1.165, 1.54) is 6.26 Å². The molecule has 1 saturated heterocycles. The normalized spacial score (nSPS) is 20.5. The summed E-state index contributed by atoms with van der Waals surface area (Å²) in [6.45, 7) is 4.28. The number of aromatic nitrogens is 2. The highest BCUT2D eigenvalue weighted by atomic mass is 16.3. The van der Waals surface area contributed by atoms with Crippen LogP contribution in [0.5, 0.6) is 0 Å². The maximum atomic E-state index is 12.8. The maximum Gasteiger partial charge on any atom is 0.290 e. The predicted octanol–water partition coefficient (Wildman–Crippen LogP) is 1.60. The molecule has 0 radical (unpaired) electrons. The van der Waals surface area contributed by atoms with Crippen LogP contribution in [-0.4, -0.2) is 51.0 Å². The molecule has 0 saturated carbocycles. The highest BCUT2D eigenvalue weighted by Crippen LogP contribution is 2.25. The van der Waals surface area contributed by atoms with Crippen molar-refractivity contribution in [2.75, 3.05) is 19.6 Å². The molecule has 0 bridgehead atoms. The van der Waals surface area contributed by atoms with Crippen molar-refractivity contribution in [3.63, 3.8) is 0 Å². The van der Waals surface area contributed by atoms with Gasteiger partial charge in [-0.2, -0.15) is 5.10 Å². The Labute approximate surface area is 139 Å². The molecule has 2 aliphatic rings. The minimum Gasteiger partial charge on any atom is -0.459 e. The first kappa shape index (κ1) is 15.0. The van der Waals surface area contributed by atoms with Gasteiger partial charge in [-0.1, -0.05) is 0 Å². The predicted molar refractivity (Wildman–Crippen MR) is 85.3 cm³/mol. The molecule has 2 aromatic rings. The van der Waals surface area contributed by atoms with E-state index in [1.807, 2.05) is 22.6 Å². The topological polar surface area (TPSA) is 71.6 Å². The van der Waals surface area contributed by atoms with Gasteiger partial charge in [-0.15, -0.1) is 0 Å². The third kappa shape index (κ3) is 2.50. The molecule has 1 fully saturated rings. The minimum atomic E-state index is -0.109. The van der Waals surface area contributed by atoms with Crippen LogP contribution in [0.1, 0.15) is 40.7 Å². The Morgan fingerprint density at radius 1 is 1.42 bits per heavy atom. The van der Waals surface area contributed by atoms with Crippen molar-refractivity contribution in [3.05, 3.63) is 41.6 Å². The van der Waals surface area contributed by atoms with Crippen LogP contribution in [0.2, 0.25) is 0 Å². The summed E-state index contributed by atoms with van der Waals surface area (Å²) in [4.78, 5) is 28.4. The molecule has 0 N–H and O–H groups in total. The second-order valence-electron chi connectivity index (χ2n) is 6.48. The van der Waals surface area contributed by atoms with Gasteiger partial charge < -0.3 is 14.2 Å². The van der Waals surface area contributed by atoms with Crippen molar-refractivity contribution in [1.29, 1.82) is 0 Å². The molecule has 4 heterocycles. The lowest BCUT2D eigenvalue weighted by atomic mass is 10.1. The smallest absolute Gasteiger partial charge is 0.290 e. The van der Waals surface area contributed by atoms with Crippen LogP contribution in [0.4, 0.5) is 0 Å². The molecule has 7 nitrogen and oxygen atoms in total. The van der Waals surface area contributed by atoms with E-state index in [2.05, 4.69) is 5.10 Å². The number of amides is 2. The van der Waals surface area contributed by atoms with Crippen molar-refractivity contribution >= 4 is 11.8 Å². The van der Waals surface area contributed by atoms with Gasteiger partial charge in [-0.05, 0) is 25.5 Å².